The van der Waals surface area contributed by atoms with Crippen LogP contribution in [-0.2, 0) is 32.4 Å². The van der Waals surface area contributed by atoms with Crippen LogP contribution in [0.2, 0.25) is 0 Å². The third-order valence-corrected chi connectivity index (χ3v) is 12.7. The fourth-order valence-electron chi connectivity index (χ4n) is 7.25. The molecule has 4 N–H and O–H groups in total. The van der Waals surface area contributed by atoms with Crippen molar-refractivity contribution in [3.63, 3.8) is 0 Å². The third-order valence-electron chi connectivity index (χ3n) is 10.5. The number of fused-ring (bicyclic) bond motifs is 1. The number of aliphatic hydroxyl groups excluding tert-OH is 1. The summed E-state index contributed by atoms with van der Waals surface area (Å²) in [5, 5.41) is 20.7. The molecule has 13 heteroatoms. The van der Waals surface area contributed by atoms with E-state index in [1.165, 1.54) is 18.7 Å². The van der Waals surface area contributed by atoms with Crippen molar-refractivity contribution in [2.24, 2.45) is 11.8 Å². The molecule has 2 heterocycles. The van der Waals surface area contributed by atoms with Crippen LogP contribution >= 0.6 is 0 Å². The van der Waals surface area contributed by atoms with Crippen molar-refractivity contribution in [2.45, 2.75) is 114 Å². The predicted octanol–water partition coefficient (Wildman–Crippen LogP) is 3.30. The summed E-state index contributed by atoms with van der Waals surface area (Å²) in [5.74, 6) is 0.0630. The number of nitrogens with zero attached hydrogens (tertiary/aromatic N) is 3. The minimum atomic E-state index is -3.88. The number of aromatic nitrogens is 1. The molecule has 2 aliphatic rings. The number of β-amino-alcohol motifs (C(OH)–C–C–N with tert-alkyl or cyclic N) is 1. The number of urea groups is 1. The number of carbonyl (C=O) groups is 3. The highest BCUT2D eigenvalue weighted by Crippen LogP contribution is 2.39. The molecule has 1 aliphatic carbocycles. The van der Waals surface area contributed by atoms with E-state index in [-0.39, 0.29) is 25.4 Å². The average molecular weight is 727 g/mol. The molecule has 282 valence electrons. The van der Waals surface area contributed by atoms with Crippen LogP contribution in [0.25, 0.3) is 0 Å². The third kappa shape index (κ3) is 11.0. The highest BCUT2D eigenvalue weighted by Gasteiger charge is 2.46. The van der Waals surface area contributed by atoms with Gasteiger partial charge in [0.1, 0.15) is 6.04 Å². The van der Waals surface area contributed by atoms with Crippen molar-refractivity contribution in [3.8, 4) is 0 Å². The van der Waals surface area contributed by atoms with E-state index in [2.05, 4.69) is 25.8 Å². The van der Waals surface area contributed by atoms with Crippen LogP contribution in [0.15, 0.2) is 54.9 Å². The smallest absolute Gasteiger partial charge is 0.318 e. The molecular weight excluding hydrogens is 669 g/mol. The van der Waals surface area contributed by atoms with Crippen LogP contribution in [0.5, 0.6) is 0 Å². The van der Waals surface area contributed by atoms with Gasteiger partial charge in [0.25, 0.3) is 0 Å². The summed E-state index contributed by atoms with van der Waals surface area (Å²) >= 11 is 0. The zero-order valence-corrected chi connectivity index (χ0v) is 32.1. The van der Waals surface area contributed by atoms with Crippen LogP contribution in [-0.4, -0.2) is 107 Å². The Morgan fingerprint density at radius 1 is 0.961 bits per heavy atom. The molecule has 1 saturated heterocycles. The quantitative estimate of drug-likeness (QED) is 0.245. The van der Waals surface area contributed by atoms with Gasteiger partial charge < -0.3 is 26.0 Å². The van der Waals surface area contributed by atoms with E-state index in [0.717, 1.165) is 43.1 Å². The molecular formula is C38H58N6O6S. The average Bonchev–Trinajstić information content (AvgIpc) is 3.05. The summed E-state index contributed by atoms with van der Waals surface area (Å²) in [6, 6.07) is 9.52. The zero-order valence-electron chi connectivity index (χ0n) is 31.3. The van der Waals surface area contributed by atoms with Gasteiger partial charge in [-0.2, -0.15) is 0 Å². The van der Waals surface area contributed by atoms with Gasteiger partial charge >= 0.3 is 6.03 Å². The van der Waals surface area contributed by atoms with E-state index in [1.54, 1.807) is 31.6 Å². The van der Waals surface area contributed by atoms with E-state index in [4.69, 9.17) is 0 Å². The minimum Gasteiger partial charge on any atom is -0.390 e. The summed E-state index contributed by atoms with van der Waals surface area (Å²) < 4.78 is 24.5. The molecule has 4 amide bonds. The van der Waals surface area contributed by atoms with E-state index < -0.39 is 56.3 Å². The molecule has 2 aromatic rings. The number of sulfone groups is 1. The van der Waals surface area contributed by atoms with Crippen molar-refractivity contribution in [1.82, 2.24) is 30.7 Å². The van der Waals surface area contributed by atoms with E-state index in [0.29, 0.717) is 24.8 Å². The number of aliphatic hydroxyl groups is 1. The number of rotatable bonds is 13. The zero-order chi connectivity index (χ0) is 37.6. The molecule has 1 saturated carbocycles. The second-order valence-electron chi connectivity index (χ2n) is 16.1. The molecule has 51 heavy (non-hydrogen) atoms. The predicted molar refractivity (Wildman–Crippen MR) is 198 cm³/mol. The largest absolute Gasteiger partial charge is 0.390 e. The van der Waals surface area contributed by atoms with Crippen molar-refractivity contribution < 1.29 is 27.9 Å². The lowest BCUT2D eigenvalue weighted by molar-refractivity contribution is -0.133. The van der Waals surface area contributed by atoms with Gasteiger partial charge in [-0.1, -0.05) is 49.6 Å². The first kappa shape index (κ1) is 40.2. The normalized spacial score (nSPS) is 21.8. The highest BCUT2D eigenvalue weighted by atomic mass is 32.2. The summed E-state index contributed by atoms with van der Waals surface area (Å²) in [6.07, 6.45) is 8.55. The van der Waals surface area contributed by atoms with Crippen molar-refractivity contribution in [1.29, 1.82) is 0 Å². The lowest BCUT2D eigenvalue weighted by Gasteiger charge is -2.47. The summed E-state index contributed by atoms with van der Waals surface area (Å²) in [4.78, 5) is 48.8. The number of carbonyl (C=O) groups excluding carboxylic acids is 3. The molecule has 12 nitrogen and oxygen atoms in total. The number of amides is 4. The monoisotopic (exact) mass is 726 g/mol. The van der Waals surface area contributed by atoms with E-state index >= 15 is 0 Å². The summed E-state index contributed by atoms with van der Waals surface area (Å²) in [6.45, 7) is 9.67. The molecule has 0 radical (unpaired) electrons. The highest BCUT2D eigenvalue weighted by molar-refractivity contribution is 7.92. The number of hydrogen-bond donors (Lipinski definition) is 4. The van der Waals surface area contributed by atoms with Gasteiger partial charge in [0.15, 0.2) is 9.84 Å². The van der Waals surface area contributed by atoms with E-state index in [1.807, 2.05) is 51.1 Å². The molecule has 0 bridgehead atoms. The fourth-order valence-corrected chi connectivity index (χ4v) is 7.84. The first-order valence-corrected chi connectivity index (χ1v) is 19.9. The minimum absolute atomic E-state index is 0.0732. The second-order valence-corrected chi connectivity index (χ2v) is 18.7. The van der Waals surface area contributed by atoms with Crippen LogP contribution < -0.4 is 16.0 Å². The van der Waals surface area contributed by atoms with Gasteiger partial charge in [0.05, 0.1) is 22.9 Å². The molecule has 6 atom stereocenters. The van der Waals surface area contributed by atoms with Gasteiger partial charge in [-0.05, 0) is 89.0 Å². The van der Waals surface area contributed by atoms with Gasteiger partial charge in [0, 0.05) is 50.9 Å². The Labute approximate surface area is 304 Å². The molecule has 2 fully saturated rings. The molecule has 1 aromatic heterocycles. The Morgan fingerprint density at radius 3 is 2.20 bits per heavy atom. The Balaban J connectivity index is 1.60. The molecule has 0 spiro atoms. The van der Waals surface area contributed by atoms with Crippen LogP contribution in [0.3, 0.4) is 0 Å². The first-order valence-electron chi connectivity index (χ1n) is 18.0. The van der Waals surface area contributed by atoms with Gasteiger partial charge in [-0.25, -0.2) is 13.2 Å². The van der Waals surface area contributed by atoms with Crippen LogP contribution in [0.1, 0.15) is 77.8 Å². The Hall–Kier alpha value is -3.55. The topological polar surface area (TPSA) is 161 Å². The summed E-state index contributed by atoms with van der Waals surface area (Å²) in [7, 11) is -2.32. The lowest BCUT2D eigenvalue weighted by atomic mass is 9.72. The number of likely N-dealkylation sites (tertiary alicyclic amines) is 1. The standard InChI is InChI=1S/C38H58N6O6S/c1-37(2,3)42-34(46)31-22-28-15-11-12-16-29(28)24-44(31)25-32(45)30(21-26-13-9-8-10-14-26)40-35(47)33(38(4,5)51(7,49)50)41-36(48)43(6)23-27-17-19-39-20-18-27/h8-10,13-14,17-20,28-33,45H,11-12,15-16,21-25H2,1-7H3,(H,40,47)(H,41,48)(H,42,46)/t28-,29+,30-,31-,32+,33+/m0/s1. The SMILES string of the molecule is CN(Cc1ccncc1)C(=O)N[C@H](C(=O)N[C@@H](Cc1ccccc1)[C@H](O)CN1C[C@H]2CCCC[C@H]2C[C@H]1C(=O)NC(C)(C)C)C(C)(C)S(C)(=O)=O. The molecule has 0 unspecified atom stereocenters. The molecule has 1 aromatic carbocycles. The maximum Gasteiger partial charge on any atom is 0.318 e. The molecule has 1 aliphatic heterocycles. The number of hydrogen-bond acceptors (Lipinski definition) is 8. The maximum absolute atomic E-state index is 14.3. The molecule has 4 rings (SSSR count). The lowest BCUT2D eigenvalue weighted by Crippen LogP contribution is -2.64. The number of benzene rings is 1. The Kier molecular flexibility index (Phi) is 13.3. The van der Waals surface area contributed by atoms with Gasteiger partial charge in [-0.3, -0.25) is 19.5 Å². The number of nitrogens with one attached hydrogen (secondary N) is 3. The van der Waals surface area contributed by atoms with Gasteiger partial charge in [-0.15, -0.1) is 0 Å². The first-order chi connectivity index (χ1) is 23.9. The fraction of sp³-hybridized carbons (Fsp3) is 0.632. The van der Waals surface area contributed by atoms with Crippen molar-refractivity contribution >= 4 is 27.7 Å². The maximum atomic E-state index is 14.3. The Morgan fingerprint density at radius 2 is 1.59 bits per heavy atom. The van der Waals surface area contributed by atoms with E-state index in [9.17, 15) is 27.9 Å². The van der Waals surface area contributed by atoms with Gasteiger partial charge in [0.2, 0.25) is 11.8 Å². The number of piperidine rings is 1. The van der Waals surface area contributed by atoms with Crippen LogP contribution in [0.4, 0.5) is 4.79 Å². The summed E-state index contributed by atoms with van der Waals surface area (Å²) in [5.41, 5.74) is 1.24. The second kappa shape index (κ2) is 16.9. The van der Waals surface area contributed by atoms with Crippen LogP contribution in [0, 0.1) is 11.8 Å². The van der Waals surface area contributed by atoms with Crippen molar-refractivity contribution in [3.05, 3.63) is 66.0 Å². The van der Waals surface area contributed by atoms with Crippen molar-refractivity contribution in [2.75, 3.05) is 26.4 Å². The number of pyridine rings is 1. The Bertz CT molecular complexity index is 1580.